The highest BCUT2D eigenvalue weighted by Gasteiger charge is 2.28. The molecule has 1 amide bonds. The number of amides is 1. The molecular weight excluding hydrogens is 422 g/mol. The van der Waals surface area contributed by atoms with Crippen molar-refractivity contribution in [2.45, 2.75) is 51.0 Å². The van der Waals surface area contributed by atoms with E-state index in [0.29, 0.717) is 30.2 Å². The van der Waals surface area contributed by atoms with Crippen LogP contribution in [-0.4, -0.2) is 54.1 Å². The fraction of sp³-hybridized carbons (Fsp3) is 0.500. The number of benzene rings is 1. The molecule has 2 aliphatic heterocycles. The van der Waals surface area contributed by atoms with Crippen LogP contribution in [0.3, 0.4) is 0 Å². The molecule has 1 N–H and O–H groups in total. The molecule has 2 aromatic rings. The summed E-state index contributed by atoms with van der Waals surface area (Å²) < 4.78 is 66.3. The molecule has 0 fully saturated rings. The number of aromatic nitrogens is 2. The Bertz CT molecular complexity index is 914. The molecule has 7 nitrogen and oxygen atoms in total. The van der Waals surface area contributed by atoms with Crippen molar-refractivity contribution in [3.05, 3.63) is 41.1 Å². The average Bonchev–Trinajstić information content (AvgIpc) is 3.26. The predicted octanol–water partition coefficient (Wildman–Crippen LogP) is 2.81. The van der Waals surface area contributed by atoms with E-state index in [9.17, 15) is 22.4 Å². The van der Waals surface area contributed by atoms with Gasteiger partial charge in [-0.15, -0.1) is 0 Å². The van der Waals surface area contributed by atoms with Crippen molar-refractivity contribution in [3.63, 3.8) is 0 Å². The van der Waals surface area contributed by atoms with Crippen molar-refractivity contribution >= 4 is 5.91 Å². The van der Waals surface area contributed by atoms with Gasteiger partial charge in [0.25, 0.3) is 5.91 Å². The molecule has 2 atom stereocenters. The summed E-state index contributed by atoms with van der Waals surface area (Å²) in [6.45, 7) is -2.37. The fourth-order valence-electron chi connectivity index (χ4n) is 3.68. The van der Waals surface area contributed by atoms with Crippen LogP contribution in [0.2, 0.25) is 0 Å². The maximum Gasteiger partial charge on any atom is 0.345 e. The molecule has 0 spiro atoms. The predicted molar refractivity (Wildman–Crippen MR) is 99.8 cm³/mol. The summed E-state index contributed by atoms with van der Waals surface area (Å²) in [5.74, 6) is 0.595. The van der Waals surface area contributed by atoms with Gasteiger partial charge in [0.05, 0.1) is 19.2 Å². The lowest BCUT2D eigenvalue weighted by atomic mass is 9.99. The molecule has 11 heteroatoms. The van der Waals surface area contributed by atoms with Gasteiger partial charge in [0, 0.05) is 18.9 Å². The maximum absolute atomic E-state index is 12.6. The topological polar surface area (TPSA) is 74.6 Å². The molecule has 1 aromatic carbocycles. The number of nitrogens with one attached hydrogen (secondary N) is 1. The van der Waals surface area contributed by atoms with Gasteiger partial charge in [0.2, 0.25) is 12.3 Å². The molecule has 1 unspecified atom stereocenters. The third kappa shape index (κ3) is 5.27. The van der Waals surface area contributed by atoms with E-state index >= 15 is 0 Å². The Balaban J connectivity index is 1.31. The van der Waals surface area contributed by atoms with Gasteiger partial charge < -0.3 is 19.5 Å². The highest BCUT2D eigenvalue weighted by molar-refractivity contribution is 5.92. The number of ether oxygens (including phenoxy) is 3. The molecule has 0 bridgehead atoms. The van der Waals surface area contributed by atoms with E-state index in [2.05, 4.69) is 15.2 Å². The fourth-order valence-corrected chi connectivity index (χ4v) is 3.68. The zero-order valence-corrected chi connectivity index (χ0v) is 16.4. The third-order valence-electron chi connectivity index (χ3n) is 5.08. The van der Waals surface area contributed by atoms with Crippen LogP contribution in [0.5, 0.6) is 11.6 Å². The number of carbonyl (C=O) groups excluding carboxylic acids is 1. The highest BCUT2D eigenvalue weighted by Crippen LogP contribution is 2.28. The Kier molecular flexibility index (Phi) is 6.30. The quantitative estimate of drug-likeness (QED) is 0.636. The van der Waals surface area contributed by atoms with Gasteiger partial charge in [0.1, 0.15) is 18.5 Å². The third-order valence-corrected chi connectivity index (χ3v) is 5.08. The van der Waals surface area contributed by atoms with Crippen molar-refractivity contribution in [3.8, 4) is 11.6 Å². The Labute approximate surface area is 175 Å². The van der Waals surface area contributed by atoms with E-state index in [1.54, 1.807) is 18.2 Å². The minimum Gasteiger partial charge on any atom is -0.491 e. The molecule has 0 saturated heterocycles. The van der Waals surface area contributed by atoms with E-state index < -0.39 is 18.9 Å². The zero-order valence-electron chi connectivity index (χ0n) is 16.4. The van der Waals surface area contributed by atoms with Crippen LogP contribution in [-0.2, 0) is 24.1 Å². The molecule has 168 valence electrons. The number of nitrogens with zero attached hydrogens (tertiary/aromatic N) is 2. The molecule has 4 rings (SSSR count). The lowest BCUT2D eigenvalue weighted by Gasteiger charge is -2.26. The summed E-state index contributed by atoms with van der Waals surface area (Å²) in [7, 11) is 0. The minimum atomic E-state index is -2.82. The van der Waals surface area contributed by atoms with Crippen LogP contribution in [0.4, 0.5) is 17.6 Å². The molecule has 1 aromatic heterocycles. The second kappa shape index (κ2) is 9.13. The summed E-state index contributed by atoms with van der Waals surface area (Å²) in [6, 6.07) is 6.12. The van der Waals surface area contributed by atoms with Crippen LogP contribution in [0.15, 0.2) is 24.3 Å². The van der Waals surface area contributed by atoms with Crippen molar-refractivity contribution < 1.29 is 36.6 Å². The normalized spacial score (nSPS) is 19.7. The number of fused-ring (bicyclic) bond motifs is 2. The number of carbonyl (C=O) groups is 1. The summed E-state index contributed by atoms with van der Waals surface area (Å²) in [6.07, 6.45) is -2.38. The van der Waals surface area contributed by atoms with Crippen LogP contribution in [0, 0.1) is 0 Å². The second-order valence-electron chi connectivity index (χ2n) is 7.43. The Morgan fingerprint density at radius 3 is 2.87 bits per heavy atom. The van der Waals surface area contributed by atoms with E-state index in [1.807, 2.05) is 0 Å². The summed E-state index contributed by atoms with van der Waals surface area (Å²) in [5.41, 5.74) is 1.44. The smallest absolute Gasteiger partial charge is 0.345 e. The first-order chi connectivity index (χ1) is 14.9. The van der Waals surface area contributed by atoms with E-state index in [1.165, 1.54) is 10.7 Å². The van der Waals surface area contributed by atoms with Gasteiger partial charge >= 0.3 is 6.61 Å². The molecule has 3 heterocycles. The Morgan fingerprint density at radius 2 is 2.13 bits per heavy atom. The van der Waals surface area contributed by atoms with Crippen molar-refractivity contribution in [2.75, 3.05) is 13.2 Å². The van der Waals surface area contributed by atoms with Gasteiger partial charge in [-0.2, -0.15) is 13.9 Å². The zero-order chi connectivity index (χ0) is 22.0. The monoisotopic (exact) mass is 443 g/mol. The van der Waals surface area contributed by atoms with Crippen molar-refractivity contribution in [1.29, 1.82) is 0 Å². The standard InChI is InChI=1S/C20H21F4N3O4/c21-17(22)6-11-1-2-16-12(5-11)7-13(10-30-16)25-19(28)15-8-18-27(26-15)9-14(31-18)3-4-29-20(23)24/h1-2,5,8,13-14,17,20H,3-4,6-7,9-10H2,(H,25,28)/t13-,14?/m1/s1. The van der Waals surface area contributed by atoms with Gasteiger partial charge in [0.15, 0.2) is 5.69 Å². The minimum absolute atomic E-state index is 0.136. The summed E-state index contributed by atoms with van der Waals surface area (Å²) in [5, 5.41) is 7.04. The number of alkyl halides is 4. The molecular formula is C20H21F4N3O4. The van der Waals surface area contributed by atoms with E-state index in [4.69, 9.17) is 9.47 Å². The lowest BCUT2D eigenvalue weighted by Crippen LogP contribution is -2.43. The van der Waals surface area contributed by atoms with Crippen molar-refractivity contribution in [2.24, 2.45) is 0 Å². The van der Waals surface area contributed by atoms with Crippen LogP contribution in [0.1, 0.15) is 28.0 Å². The lowest BCUT2D eigenvalue weighted by molar-refractivity contribution is -0.132. The Hall–Kier alpha value is -2.82. The number of hydrogen-bond acceptors (Lipinski definition) is 5. The molecule has 0 radical (unpaired) electrons. The first kappa shape index (κ1) is 21.4. The van der Waals surface area contributed by atoms with Crippen LogP contribution in [0.25, 0.3) is 0 Å². The number of rotatable bonds is 8. The summed E-state index contributed by atoms with van der Waals surface area (Å²) >= 11 is 0. The maximum atomic E-state index is 12.6. The van der Waals surface area contributed by atoms with Gasteiger partial charge in [-0.1, -0.05) is 12.1 Å². The molecule has 0 saturated carbocycles. The average molecular weight is 443 g/mol. The highest BCUT2D eigenvalue weighted by atomic mass is 19.3. The van der Waals surface area contributed by atoms with Crippen molar-refractivity contribution in [1.82, 2.24) is 15.1 Å². The molecule has 2 aliphatic rings. The van der Waals surface area contributed by atoms with Gasteiger partial charge in [-0.25, -0.2) is 13.5 Å². The van der Waals surface area contributed by atoms with Crippen LogP contribution >= 0.6 is 0 Å². The van der Waals surface area contributed by atoms with Gasteiger partial charge in [-0.05, 0) is 23.6 Å². The first-order valence-corrected chi connectivity index (χ1v) is 9.85. The number of halogens is 4. The number of hydrogen-bond donors (Lipinski definition) is 1. The Morgan fingerprint density at radius 1 is 1.29 bits per heavy atom. The van der Waals surface area contributed by atoms with E-state index in [-0.39, 0.29) is 43.9 Å². The molecule has 0 aliphatic carbocycles. The summed E-state index contributed by atoms with van der Waals surface area (Å²) in [4.78, 5) is 12.6. The van der Waals surface area contributed by atoms with Crippen LogP contribution < -0.4 is 14.8 Å². The first-order valence-electron chi connectivity index (χ1n) is 9.85. The van der Waals surface area contributed by atoms with E-state index in [0.717, 1.165) is 5.56 Å². The van der Waals surface area contributed by atoms with Gasteiger partial charge in [-0.3, -0.25) is 4.79 Å². The largest absolute Gasteiger partial charge is 0.491 e. The molecule has 31 heavy (non-hydrogen) atoms. The second-order valence-corrected chi connectivity index (χ2v) is 7.43. The SMILES string of the molecule is O=C(N[C@H]1COc2ccc(CC(F)F)cc2C1)c1cc2n(n1)CC(CCOC(F)F)O2.